The summed E-state index contributed by atoms with van der Waals surface area (Å²) in [6, 6.07) is 9.46. The van der Waals surface area contributed by atoms with E-state index in [2.05, 4.69) is 10.6 Å². The third-order valence-corrected chi connectivity index (χ3v) is 3.89. The zero-order valence-electron chi connectivity index (χ0n) is 12.3. The Labute approximate surface area is 132 Å². The molecule has 2 amide bonds. The predicted octanol–water partition coefficient (Wildman–Crippen LogP) is 2.71. The zero-order valence-corrected chi connectivity index (χ0v) is 13.1. The fourth-order valence-electron chi connectivity index (χ4n) is 1.81. The minimum Gasteiger partial charge on any atom is -0.340 e. The maximum absolute atomic E-state index is 12.1. The molecule has 1 aromatic heterocycles. The van der Waals surface area contributed by atoms with Crippen molar-refractivity contribution in [3.63, 3.8) is 0 Å². The summed E-state index contributed by atoms with van der Waals surface area (Å²) in [7, 11) is 0. The molecule has 0 aliphatic heterocycles. The lowest BCUT2D eigenvalue weighted by atomic mass is 10.1. The highest BCUT2D eigenvalue weighted by Crippen LogP contribution is 2.12. The highest BCUT2D eigenvalue weighted by molar-refractivity contribution is 7.12. The molecule has 0 aliphatic rings. The molecule has 5 nitrogen and oxygen atoms in total. The first-order chi connectivity index (χ1) is 10.5. The Morgan fingerprint density at radius 2 is 1.91 bits per heavy atom. The number of anilines is 1. The van der Waals surface area contributed by atoms with Gasteiger partial charge in [0.25, 0.3) is 5.91 Å². The predicted molar refractivity (Wildman–Crippen MR) is 86.3 cm³/mol. The fourth-order valence-corrected chi connectivity index (χ4v) is 2.43. The van der Waals surface area contributed by atoms with Crippen LogP contribution in [0.3, 0.4) is 0 Å². The van der Waals surface area contributed by atoms with Crippen molar-refractivity contribution in [3.8, 4) is 0 Å². The van der Waals surface area contributed by atoms with Crippen molar-refractivity contribution in [3.05, 3.63) is 52.2 Å². The first-order valence-electron chi connectivity index (χ1n) is 6.73. The van der Waals surface area contributed by atoms with Crippen LogP contribution in [0.25, 0.3) is 0 Å². The van der Waals surface area contributed by atoms with Gasteiger partial charge in [0, 0.05) is 11.3 Å². The summed E-state index contributed by atoms with van der Waals surface area (Å²) in [4.78, 5) is 35.9. The number of ketones is 1. The number of rotatable bonds is 5. The van der Waals surface area contributed by atoms with E-state index in [1.807, 2.05) is 0 Å². The van der Waals surface area contributed by atoms with Crippen LogP contribution in [0.1, 0.15) is 33.9 Å². The molecule has 6 heteroatoms. The molecule has 0 saturated carbocycles. The molecule has 22 heavy (non-hydrogen) atoms. The third-order valence-electron chi connectivity index (χ3n) is 3.02. The van der Waals surface area contributed by atoms with Gasteiger partial charge in [0.15, 0.2) is 5.78 Å². The van der Waals surface area contributed by atoms with Gasteiger partial charge in [-0.2, -0.15) is 0 Å². The van der Waals surface area contributed by atoms with Gasteiger partial charge in [-0.3, -0.25) is 14.4 Å². The number of amides is 2. The molecule has 0 aliphatic carbocycles. The summed E-state index contributed by atoms with van der Waals surface area (Å²) < 4.78 is 0. The molecule has 0 saturated heterocycles. The Kier molecular flexibility index (Phi) is 5.06. The van der Waals surface area contributed by atoms with E-state index in [1.165, 1.54) is 18.3 Å². The highest BCUT2D eigenvalue weighted by Gasteiger charge is 2.17. The normalized spacial score (nSPS) is 11.5. The first-order valence-corrected chi connectivity index (χ1v) is 7.61. The molecule has 114 valence electrons. The summed E-state index contributed by atoms with van der Waals surface area (Å²) in [5, 5.41) is 7.12. The number of Topliss-reactive ketones (excluding diaryl/α,β-unsaturated/α-hetero) is 1. The Bertz CT molecular complexity index is 695. The molecule has 2 rings (SSSR count). The average Bonchev–Trinajstić information content (AvgIpc) is 3.01. The topological polar surface area (TPSA) is 75.3 Å². The van der Waals surface area contributed by atoms with E-state index in [0.717, 1.165) is 0 Å². The van der Waals surface area contributed by atoms with Gasteiger partial charge in [0.05, 0.1) is 4.88 Å². The van der Waals surface area contributed by atoms with Crippen LogP contribution in [-0.2, 0) is 4.79 Å². The second-order valence-corrected chi connectivity index (χ2v) is 5.75. The maximum atomic E-state index is 12.1. The minimum atomic E-state index is -0.685. The first kappa shape index (κ1) is 15.9. The van der Waals surface area contributed by atoms with Gasteiger partial charge in [0.1, 0.15) is 6.04 Å². The smallest absolute Gasteiger partial charge is 0.261 e. The van der Waals surface area contributed by atoms with Gasteiger partial charge in [0.2, 0.25) is 5.91 Å². The lowest BCUT2D eigenvalue weighted by Gasteiger charge is -2.14. The highest BCUT2D eigenvalue weighted by atomic mass is 32.1. The van der Waals surface area contributed by atoms with Crippen molar-refractivity contribution in [1.29, 1.82) is 0 Å². The number of hydrogen-bond acceptors (Lipinski definition) is 4. The maximum Gasteiger partial charge on any atom is 0.261 e. The standard InChI is InChI=1S/C16H16N2O3S/c1-10(17-16(21)14-7-4-8-22-14)15(20)18-13-6-3-5-12(9-13)11(2)19/h3-10H,1-2H3,(H,17,21)(H,18,20). The van der Waals surface area contributed by atoms with Crippen LogP contribution in [0.2, 0.25) is 0 Å². The number of carbonyl (C=O) groups is 3. The number of benzene rings is 1. The van der Waals surface area contributed by atoms with Crippen LogP contribution in [0.5, 0.6) is 0 Å². The monoisotopic (exact) mass is 316 g/mol. The van der Waals surface area contributed by atoms with Crippen molar-refractivity contribution in [2.24, 2.45) is 0 Å². The lowest BCUT2D eigenvalue weighted by Crippen LogP contribution is -2.41. The van der Waals surface area contributed by atoms with Gasteiger partial charge >= 0.3 is 0 Å². The second kappa shape index (κ2) is 7.00. The van der Waals surface area contributed by atoms with E-state index < -0.39 is 6.04 Å². The summed E-state index contributed by atoms with van der Waals surface area (Å²) in [5.74, 6) is -0.698. The molecule has 0 fully saturated rings. The molecule has 2 aromatic rings. The molecule has 1 unspecified atom stereocenters. The van der Waals surface area contributed by atoms with E-state index in [-0.39, 0.29) is 17.6 Å². The van der Waals surface area contributed by atoms with Gasteiger partial charge in [-0.15, -0.1) is 11.3 Å². The fraction of sp³-hybridized carbons (Fsp3) is 0.188. The van der Waals surface area contributed by atoms with Crippen LogP contribution in [0, 0.1) is 0 Å². The SMILES string of the molecule is CC(=O)c1cccc(NC(=O)C(C)NC(=O)c2cccs2)c1. The lowest BCUT2D eigenvalue weighted by molar-refractivity contribution is -0.117. The summed E-state index contributed by atoms with van der Waals surface area (Å²) in [5.41, 5.74) is 1.04. The van der Waals surface area contributed by atoms with Crippen LogP contribution >= 0.6 is 11.3 Å². The number of nitrogens with one attached hydrogen (secondary N) is 2. The minimum absolute atomic E-state index is 0.0739. The van der Waals surface area contributed by atoms with Crippen molar-refractivity contribution >= 4 is 34.6 Å². The summed E-state index contributed by atoms with van der Waals surface area (Å²) in [6.45, 7) is 3.07. The van der Waals surface area contributed by atoms with Crippen molar-refractivity contribution in [2.45, 2.75) is 19.9 Å². The Morgan fingerprint density at radius 1 is 1.14 bits per heavy atom. The van der Waals surface area contributed by atoms with E-state index in [0.29, 0.717) is 16.1 Å². The van der Waals surface area contributed by atoms with Gasteiger partial charge in [-0.25, -0.2) is 0 Å². The molecule has 0 bridgehead atoms. The molecule has 1 aromatic carbocycles. The molecule has 2 N–H and O–H groups in total. The van der Waals surface area contributed by atoms with E-state index >= 15 is 0 Å². The van der Waals surface area contributed by atoms with Gasteiger partial charge < -0.3 is 10.6 Å². The van der Waals surface area contributed by atoms with Crippen LogP contribution < -0.4 is 10.6 Å². The molecular formula is C16H16N2O3S. The number of hydrogen-bond donors (Lipinski definition) is 2. The van der Waals surface area contributed by atoms with Gasteiger partial charge in [-0.1, -0.05) is 18.2 Å². The Balaban J connectivity index is 1.98. The number of carbonyl (C=O) groups excluding carboxylic acids is 3. The molecule has 0 radical (unpaired) electrons. The average molecular weight is 316 g/mol. The molecule has 0 spiro atoms. The van der Waals surface area contributed by atoms with Gasteiger partial charge in [-0.05, 0) is 37.4 Å². The van der Waals surface area contributed by atoms with Crippen molar-refractivity contribution in [1.82, 2.24) is 5.32 Å². The largest absolute Gasteiger partial charge is 0.340 e. The number of thiophene rings is 1. The second-order valence-electron chi connectivity index (χ2n) is 4.80. The van der Waals surface area contributed by atoms with E-state index in [1.54, 1.807) is 48.7 Å². The van der Waals surface area contributed by atoms with E-state index in [4.69, 9.17) is 0 Å². The van der Waals surface area contributed by atoms with Crippen LogP contribution in [-0.4, -0.2) is 23.6 Å². The van der Waals surface area contributed by atoms with E-state index in [9.17, 15) is 14.4 Å². The van der Waals surface area contributed by atoms with Crippen LogP contribution in [0.15, 0.2) is 41.8 Å². The molecule has 1 heterocycles. The van der Waals surface area contributed by atoms with Crippen LogP contribution in [0.4, 0.5) is 5.69 Å². The third kappa shape index (κ3) is 4.02. The quantitative estimate of drug-likeness (QED) is 0.833. The zero-order chi connectivity index (χ0) is 16.1. The summed E-state index contributed by atoms with van der Waals surface area (Å²) in [6.07, 6.45) is 0. The van der Waals surface area contributed by atoms with Crippen molar-refractivity contribution < 1.29 is 14.4 Å². The molecule has 1 atom stereocenters. The van der Waals surface area contributed by atoms with Crippen molar-refractivity contribution in [2.75, 3.05) is 5.32 Å². The molecular weight excluding hydrogens is 300 g/mol. The Hall–Kier alpha value is -2.47. The Morgan fingerprint density at radius 3 is 2.55 bits per heavy atom. The summed E-state index contributed by atoms with van der Waals surface area (Å²) >= 11 is 1.31.